The number of nitrogens with zero attached hydrogens (tertiary/aromatic N) is 1. The van der Waals surface area contributed by atoms with Gasteiger partial charge in [-0.15, -0.1) is 11.3 Å². The summed E-state index contributed by atoms with van der Waals surface area (Å²) >= 11 is 4.73. The summed E-state index contributed by atoms with van der Waals surface area (Å²) in [5, 5.41) is 10.3. The van der Waals surface area contributed by atoms with Crippen LogP contribution in [0.15, 0.2) is 28.3 Å². The molecule has 94 valence electrons. The molecule has 1 aromatic carbocycles. The molecular formula is C12H10BrNO3S. The molecule has 6 heteroatoms. The molecule has 0 amide bonds. The first-order valence-corrected chi connectivity index (χ1v) is 7.09. The monoisotopic (exact) mass is 327 g/mol. The quantitative estimate of drug-likeness (QED) is 0.921. The van der Waals surface area contributed by atoms with Crippen molar-refractivity contribution in [2.24, 2.45) is 0 Å². The molecule has 3 rings (SSSR count). The van der Waals surface area contributed by atoms with Crippen LogP contribution in [0.2, 0.25) is 0 Å². The van der Waals surface area contributed by atoms with Crippen molar-refractivity contribution in [3.63, 3.8) is 0 Å². The van der Waals surface area contributed by atoms with Crippen molar-refractivity contribution in [3.05, 3.63) is 38.8 Å². The summed E-state index contributed by atoms with van der Waals surface area (Å²) in [6.45, 7) is 1.10. The zero-order valence-electron chi connectivity index (χ0n) is 9.30. The number of hydrogen-bond donors (Lipinski definition) is 1. The van der Waals surface area contributed by atoms with Gasteiger partial charge in [-0.25, -0.2) is 4.98 Å². The maximum Gasteiger partial charge on any atom is 0.161 e. The number of aliphatic hydroxyl groups excluding tert-OH is 1. The van der Waals surface area contributed by atoms with E-state index in [-0.39, 0.29) is 0 Å². The fourth-order valence-corrected chi connectivity index (χ4v) is 3.22. The summed E-state index contributed by atoms with van der Waals surface area (Å²) < 4.78 is 11.6. The molecule has 1 N–H and O–H groups in total. The Morgan fingerprint density at radius 1 is 1.28 bits per heavy atom. The Balaban J connectivity index is 1.95. The number of rotatable bonds is 2. The van der Waals surface area contributed by atoms with E-state index in [1.807, 2.05) is 18.2 Å². The van der Waals surface area contributed by atoms with Gasteiger partial charge in [0.25, 0.3) is 0 Å². The van der Waals surface area contributed by atoms with E-state index in [1.165, 1.54) is 11.3 Å². The molecule has 4 nitrogen and oxygen atoms in total. The van der Waals surface area contributed by atoms with Crippen molar-refractivity contribution in [2.45, 2.75) is 6.10 Å². The molecule has 1 aliphatic rings. The van der Waals surface area contributed by atoms with E-state index in [4.69, 9.17) is 9.47 Å². The second kappa shape index (κ2) is 4.87. The molecule has 18 heavy (non-hydrogen) atoms. The van der Waals surface area contributed by atoms with Gasteiger partial charge in [-0.05, 0) is 33.6 Å². The van der Waals surface area contributed by atoms with Crippen LogP contribution < -0.4 is 9.47 Å². The third-order valence-electron chi connectivity index (χ3n) is 2.68. The van der Waals surface area contributed by atoms with E-state index in [9.17, 15) is 5.11 Å². The van der Waals surface area contributed by atoms with Crippen LogP contribution in [0, 0.1) is 0 Å². The SMILES string of the molecule is OC(c1ccc2c(c1)OCCO2)c1scnc1Br. The van der Waals surface area contributed by atoms with Crippen LogP contribution in [0.1, 0.15) is 16.5 Å². The second-order valence-corrected chi connectivity index (χ2v) is 5.45. The molecule has 1 atom stereocenters. The number of ether oxygens (including phenoxy) is 2. The Bertz CT molecular complexity index is 572. The van der Waals surface area contributed by atoms with Crippen molar-refractivity contribution < 1.29 is 14.6 Å². The molecule has 0 saturated heterocycles. The number of hydrogen-bond acceptors (Lipinski definition) is 5. The number of aromatic nitrogens is 1. The van der Waals surface area contributed by atoms with Gasteiger partial charge in [-0.1, -0.05) is 6.07 Å². The van der Waals surface area contributed by atoms with Crippen LogP contribution in [-0.2, 0) is 0 Å². The van der Waals surface area contributed by atoms with E-state index in [0.29, 0.717) is 23.6 Å². The van der Waals surface area contributed by atoms with Gasteiger partial charge in [0.05, 0.1) is 10.4 Å². The molecule has 1 aromatic heterocycles. The zero-order chi connectivity index (χ0) is 12.5. The van der Waals surface area contributed by atoms with E-state index in [1.54, 1.807) is 5.51 Å². The van der Waals surface area contributed by atoms with Gasteiger partial charge < -0.3 is 14.6 Å². The summed E-state index contributed by atoms with van der Waals surface area (Å²) in [6, 6.07) is 5.47. The maximum atomic E-state index is 10.3. The molecule has 1 aliphatic heterocycles. The number of fused-ring (bicyclic) bond motifs is 1. The van der Waals surface area contributed by atoms with Gasteiger partial charge in [-0.3, -0.25) is 0 Å². The van der Waals surface area contributed by atoms with Crippen molar-refractivity contribution >= 4 is 27.3 Å². The molecule has 1 unspecified atom stereocenters. The summed E-state index contributed by atoms with van der Waals surface area (Å²) in [6.07, 6.45) is -0.706. The van der Waals surface area contributed by atoms with E-state index >= 15 is 0 Å². The third-order valence-corrected chi connectivity index (χ3v) is 4.46. The molecule has 0 fully saturated rings. The third kappa shape index (κ3) is 2.11. The molecular weight excluding hydrogens is 318 g/mol. The fraction of sp³-hybridized carbons (Fsp3) is 0.250. The van der Waals surface area contributed by atoms with Gasteiger partial charge in [0.1, 0.15) is 23.9 Å². The minimum Gasteiger partial charge on any atom is -0.486 e. The van der Waals surface area contributed by atoms with Crippen LogP contribution in [-0.4, -0.2) is 23.3 Å². The Morgan fingerprint density at radius 3 is 2.78 bits per heavy atom. The highest BCUT2D eigenvalue weighted by Gasteiger charge is 2.19. The predicted molar refractivity (Wildman–Crippen MR) is 71.3 cm³/mol. The van der Waals surface area contributed by atoms with Gasteiger partial charge >= 0.3 is 0 Å². The summed E-state index contributed by atoms with van der Waals surface area (Å²) in [5.74, 6) is 1.40. The lowest BCUT2D eigenvalue weighted by Crippen LogP contribution is -2.15. The van der Waals surface area contributed by atoms with Crippen LogP contribution in [0.4, 0.5) is 0 Å². The first kappa shape index (κ1) is 12.0. The zero-order valence-corrected chi connectivity index (χ0v) is 11.7. The number of benzene rings is 1. The lowest BCUT2D eigenvalue weighted by Gasteiger charge is -2.20. The highest BCUT2D eigenvalue weighted by Crippen LogP contribution is 2.36. The molecule has 0 spiro atoms. The molecule has 0 aliphatic carbocycles. The first-order valence-electron chi connectivity index (χ1n) is 5.42. The average Bonchev–Trinajstić information content (AvgIpc) is 2.83. The Hall–Kier alpha value is -1.11. The van der Waals surface area contributed by atoms with Crippen LogP contribution >= 0.6 is 27.3 Å². The normalized spacial score (nSPS) is 15.4. The van der Waals surface area contributed by atoms with Gasteiger partial charge in [0.15, 0.2) is 11.5 Å². The Kier molecular flexibility index (Phi) is 3.23. The Labute approximate surface area is 116 Å². The molecule has 2 heterocycles. The minimum atomic E-state index is -0.706. The van der Waals surface area contributed by atoms with Crippen LogP contribution in [0.5, 0.6) is 11.5 Å². The lowest BCUT2D eigenvalue weighted by molar-refractivity contribution is 0.170. The highest BCUT2D eigenvalue weighted by atomic mass is 79.9. The first-order chi connectivity index (χ1) is 8.75. The van der Waals surface area contributed by atoms with Crippen molar-refractivity contribution in [3.8, 4) is 11.5 Å². The molecule has 0 radical (unpaired) electrons. The van der Waals surface area contributed by atoms with Gasteiger partial charge in [0.2, 0.25) is 0 Å². The summed E-state index contributed by atoms with van der Waals surface area (Å²) in [7, 11) is 0. The summed E-state index contributed by atoms with van der Waals surface area (Å²) in [4.78, 5) is 4.85. The number of thiazole rings is 1. The topological polar surface area (TPSA) is 51.6 Å². The van der Waals surface area contributed by atoms with Crippen LogP contribution in [0.3, 0.4) is 0 Å². The standard InChI is InChI=1S/C12H10BrNO3S/c13-12-11(18-6-14-12)10(15)7-1-2-8-9(5-7)17-4-3-16-8/h1-2,5-6,10,15H,3-4H2. The highest BCUT2D eigenvalue weighted by molar-refractivity contribution is 9.10. The predicted octanol–water partition coefficient (Wildman–Crippen LogP) is 2.76. The molecule has 0 bridgehead atoms. The Morgan fingerprint density at radius 2 is 2.06 bits per heavy atom. The molecule has 2 aromatic rings. The molecule has 0 saturated carbocycles. The largest absolute Gasteiger partial charge is 0.486 e. The lowest BCUT2D eigenvalue weighted by atomic mass is 10.1. The summed E-state index contributed by atoms with van der Waals surface area (Å²) in [5.41, 5.74) is 2.46. The van der Waals surface area contributed by atoms with E-state index in [0.717, 1.165) is 16.2 Å². The second-order valence-electron chi connectivity index (χ2n) is 3.81. The van der Waals surface area contributed by atoms with Crippen molar-refractivity contribution in [1.29, 1.82) is 0 Å². The van der Waals surface area contributed by atoms with Crippen molar-refractivity contribution in [2.75, 3.05) is 13.2 Å². The minimum absolute atomic E-state index is 0.538. The van der Waals surface area contributed by atoms with Gasteiger partial charge in [0, 0.05) is 0 Å². The smallest absolute Gasteiger partial charge is 0.161 e. The van der Waals surface area contributed by atoms with E-state index in [2.05, 4.69) is 20.9 Å². The average molecular weight is 328 g/mol. The van der Waals surface area contributed by atoms with E-state index < -0.39 is 6.10 Å². The number of halogens is 1. The van der Waals surface area contributed by atoms with Gasteiger partial charge in [-0.2, -0.15) is 0 Å². The number of aliphatic hydroxyl groups is 1. The maximum absolute atomic E-state index is 10.3. The fourth-order valence-electron chi connectivity index (χ4n) is 1.80. The van der Waals surface area contributed by atoms with Crippen LogP contribution in [0.25, 0.3) is 0 Å². The van der Waals surface area contributed by atoms with Crippen molar-refractivity contribution in [1.82, 2.24) is 4.98 Å².